The second kappa shape index (κ2) is 2.64. The van der Waals surface area contributed by atoms with Crippen molar-refractivity contribution in [3.63, 3.8) is 0 Å². The lowest BCUT2D eigenvalue weighted by Crippen LogP contribution is -2.49. The molecule has 0 spiro atoms. The number of piperidine rings is 1. The molecule has 9 heavy (non-hydrogen) atoms. The Morgan fingerprint density at radius 2 is 2.00 bits per heavy atom. The topological polar surface area (TPSA) is 52.5 Å². The van der Waals surface area contributed by atoms with Crippen LogP contribution in [0.15, 0.2) is 0 Å². The first kappa shape index (κ1) is 6.99. The van der Waals surface area contributed by atoms with Gasteiger partial charge in [0.15, 0.2) is 0 Å². The first-order valence-electron chi connectivity index (χ1n) is 3.28. The van der Waals surface area contributed by atoms with Crippen LogP contribution in [0.4, 0.5) is 0 Å². The van der Waals surface area contributed by atoms with Crippen LogP contribution in [0.5, 0.6) is 0 Å². The smallest absolute Gasteiger partial charge is 0.0926 e. The summed E-state index contributed by atoms with van der Waals surface area (Å²) in [6, 6.07) is 0. The Morgan fingerprint density at radius 3 is 2.44 bits per heavy atom. The minimum atomic E-state index is -0.575. The Bertz CT molecular complexity index is 87.1. The van der Waals surface area contributed by atoms with Crippen molar-refractivity contribution in [2.24, 2.45) is 5.92 Å². The van der Waals surface area contributed by atoms with Crippen LogP contribution in [-0.2, 0) is 0 Å². The molecule has 3 atom stereocenters. The zero-order valence-electron chi connectivity index (χ0n) is 5.54. The first-order valence-corrected chi connectivity index (χ1v) is 3.28. The van der Waals surface area contributed by atoms with Crippen LogP contribution < -0.4 is 5.32 Å². The van der Waals surface area contributed by atoms with E-state index in [4.69, 9.17) is 10.2 Å². The molecule has 1 heterocycles. The van der Waals surface area contributed by atoms with E-state index in [2.05, 4.69) is 5.32 Å². The minimum absolute atomic E-state index is 0.175. The molecule has 0 amide bonds. The lowest BCUT2D eigenvalue weighted by atomic mass is 9.96. The molecule has 3 heteroatoms. The molecule has 0 aromatic rings. The van der Waals surface area contributed by atoms with E-state index in [0.717, 1.165) is 6.54 Å². The zero-order valence-corrected chi connectivity index (χ0v) is 5.54. The van der Waals surface area contributed by atoms with Crippen LogP contribution in [0.1, 0.15) is 6.92 Å². The van der Waals surface area contributed by atoms with Crippen molar-refractivity contribution in [2.75, 3.05) is 13.1 Å². The number of rotatable bonds is 0. The highest BCUT2D eigenvalue weighted by Crippen LogP contribution is 2.09. The fourth-order valence-electron chi connectivity index (χ4n) is 1.08. The summed E-state index contributed by atoms with van der Waals surface area (Å²) in [6.07, 6.45) is -1.11. The quantitative estimate of drug-likeness (QED) is 0.393. The van der Waals surface area contributed by atoms with Gasteiger partial charge in [0.2, 0.25) is 0 Å². The van der Waals surface area contributed by atoms with Crippen LogP contribution in [0.25, 0.3) is 0 Å². The highest BCUT2D eigenvalue weighted by Gasteiger charge is 2.26. The lowest BCUT2D eigenvalue weighted by Gasteiger charge is -2.29. The van der Waals surface area contributed by atoms with Gasteiger partial charge in [0, 0.05) is 13.1 Å². The summed E-state index contributed by atoms with van der Waals surface area (Å²) < 4.78 is 0. The number of β-amino-alcohol motifs (C(OH)–C–C–N with tert-alkyl or cyclic N) is 1. The van der Waals surface area contributed by atoms with Crippen molar-refractivity contribution in [1.82, 2.24) is 5.32 Å². The third-order valence-electron chi connectivity index (χ3n) is 1.80. The Balaban J connectivity index is 2.41. The summed E-state index contributed by atoms with van der Waals surface area (Å²) in [5.74, 6) is 0.175. The van der Waals surface area contributed by atoms with Crippen LogP contribution >= 0.6 is 0 Å². The molecule has 0 aromatic carbocycles. The summed E-state index contributed by atoms with van der Waals surface area (Å²) in [7, 11) is 0. The maximum Gasteiger partial charge on any atom is 0.0926 e. The van der Waals surface area contributed by atoms with Gasteiger partial charge in [0.25, 0.3) is 0 Å². The lowest BCUT2D eigenvalue weighted by molar-refractivity contribution is -0.0295. The predicted molar refractivity (Wildman–Crippen MR) is 34.0 cm³/mol. The van der Waals surface area contributed by atoms with Crippen LogP contribution in [-0.4, -0.2) is 35.5 Å². The van der Waals surface area contributed by atoms with Crippen molar-refractivity contribution >= 4 is 0 Å². The molecule has 54 valence electrons. The third-order valence-corrected chi connectivity index (χ3v) is 1.80. The number of hydrogen-bond donors (Lipinski definition) is 3. The van der Waals surface area contributed by atoms with Crippen molar-refractivity contribution in [3.8, 4) is 0 Å². The fraction of sp³-hybridized carbons (Fsp3) is 1.00. The van der Waals surface area contributed by atoms with E-state index in [0.29, 0.717) is 6.54 Å². The number of aliphatic hydroxyl groups excluding tert-OH is 2. The van der Waals surface area contributed by atoms with Gasteiger partial charge in [-0.1, -0.05) is 6.92 Å². The number of nitrogens with one attached hydrogen (secondary N) is 1. The van der Waals surface area contributed by atoms with E-state index >= 15 is 0 Å². The molecule has 1 aliphatic rings. The van der Waals surface area contributed by atoms with Crippen molar-refractivity contribution in [3.05, 3.63) is 0 Å². The molecule has 1 rings (SSSR count). The normalized spacial score (nSPS) is 45.0. The first-order chi connectivity index (χ1) is 4.22. The molecular formula is C6H13NO2. The maximum atomic E-state index is 9.16. The molecule has 3 N–H and O–H groups in total. The van der Waals surface area contributed by atoms with Crippen molar-refractivity contribution < 1.29 is 10.2 Å². The van der Waals surface area contributed by atoms with E-state index in [9.17, 15) is 0 Å². The molecule has 1 fully saturated rings. The van der Waals surface area contributed by atoms with Gasteiger partial charge in [-0.15, -0.1) is 0 Å². The van der Waals surface area contributed by atoms with Crippen molar-refractivity contribution in [1.29, 1.82) is 0 Å². The Kier molecular flexibility index (Phi) is 2.05. The van der Waals surface area contributed by atoms with Gasteiger partial charge in [0.1, 0.15) is 0 Å². The molecule has 0 aliphatic carbocycles. The number of aliphatic hydroxyl groups is 2. The average Bonchev–Trinajstić information content (AvgIpc) is 1.83. The van der Waals surface area contributed by atoms with E-state index in [1.165, 1.54) is 0 Å². The highest BCUT2D eigenvalue weighted by atomic mass is 16.3. The minimum Gasteiger partial charge on any atom is -0.390 e. The van der Waals surface area contributed by atoms with Crippen LogP contribution in [0.3, 0.4) is 0 Å². The summed E-state index contributed by atoms with van der Waals surface area (Å²) in [5, 5.41) is 21.2. The third kappa shape index (κ3) is 1.41. The molecule has 0 saturated carbocycles. The molecular weight excluding hydrogens is 118 g/mol. The zero-order chi connectivity index (χ0) is 6.85. The molecule has 1 saturated heterocycles. The van der Waals surface area contributed by atoms with E-state index in [1.54, 1.807) is 0 Å². The van der Waals surface area contributed by atoms with Gasteiger partial charge >= 0.3 is 0 Å². The van der Waals surface area contributed by atoms with E-state index < -0.39 is 12.2 Å². The van der Waals surface area contributed by atoms with Crippen LogP contribution in [0.2, 0.25) is 0 Å². The molecule has 3 nitrogen and oxygen atoms in total. The second-order valence-electron chi connectivity index (χ2n) is 2.69. The second-order valence-corrected chi connectivity index (χ2v) is 2.69. The maximum absolute atomic E-state index is 9.16. The Morgan fingerprint density at radius 1 is 1.33 bits per heavy atom. The van der Waals surface area contributed by atoms with Gasteiger partial charge in [-0.05, 0) is 5.92 Å². The van der Waals surface area contributed by atoms with Crippen LogP contribution in [0, 0.1) is 5.92 Å². The van der Waals surface area contributed by atoms with Gasteiger partial charge in [-0.2, -0.15) is 0 Å². The van der Waals surface area contributed by atoms with Gasteiger partial charge < -0.3 is 15.5 Å². The Labute approximate surface area is 54.7 Å². The molecule has 0 radical (unpaired) electrons. The van der Waals surface area contributed by atoms with Gasteiger partial charge in [0.05, 0.1) is 12.2 Å². The van der Waals surface area contributed by atoms with E-state index in [-0.39, 0.29) is 5.92 Å². The molecule has 0 aromatic heterocycles. The summed E-state index contributed by atoms with van der Waals surface area (Å²) in [4.78, 5) is 0. The largest absolute Gasteiger partial charge is 0.390 e. The van der Waals surface area contributed by atoms with E-state index in [1.807, 2.05) is 6.92 Å². The molecule has 0 bridgehead atoms. The van der Waals surface area contributed by atoms with Gasteiger partial charge in [-0.3, -0.25) is 0 Å². The summed E-state index contributed by atoms with van der Waals surface area (Å²) in [5.41, 5.74) is 0. The highest BCUT2D eigenvalue weighted by molar-refractivity contribution is 4.81. The average molecular weight is 131 g/mol. The summed E-state index contributed by atoms with van der Waals surface area (Å²) >= 11 is 0. The van der Waals surface area contributed by atoms with Gasteiger partial charge in [-0.25, -0.2) is 0 Å². The molecule has 0 unspecified atom stereocenters. The Hall–Kier alpha value is -0.120. The monoisotopic (exact) mass is 131 g/mol. The SMILES string of the molecule is C[C@@H]1CNC[C@@H](O)[C@@H]1O. The predicted octanol–water partition coefficient (Wildman–Crippen LogP) is -1.05. The number of hydrogen-bond acceptors (Lipinski definition) is 3. The van der Waals surface area contributed by atoms with Crippen molar-refractivity contribution in [2.45, 2.75) is 19.1 Å². The standard InChI is InChI=1S/C6H13NO2/c1-4-2-7-3-5(8)6(4)9/h4-9H,2-3H2,1H3/t4-,5-,6-/m1/s1. The fourth-order valence-corrected chi connectivity index (χ4v) is 1.08. The molecule has 1 aliphatic heterocycles. The summed E-state index contributed by atoms with van der Waals surface area (Å²) in [6.45, 7) is 3.24.